The fourth-order valence-electron chi connectivity index (χ4n) is 1.28. The van der Waals surface area contributed by atoms with Gasteiger partial charge in [-0.05, 0) is 31.0 Å². The number of benzene rings is 1. The summed E-state index contributed by atoms with van der Waals surface area (Å²) in [5.74, 6) is 1.39. The number of methoxy groups -OCH3 is 1. The predicted molar refractivity (Wildman–Crippen MR) is 59.4 cm³/mol. The number of rotatable bonds is 5. The van der Waals surface area contributed by atoms with E-state index in [0.717, 1.165) is 17.7 Å². The highest BCUT2D eigenvalue weighted by atomic mass is 16.5. The van der Waals surface area contributed by atoms with E-state index >= 15 is 0 Å². The van der Waals surface area contributed by atoms with Crippen LogP contribution in [-0.2, 0) is 0 Å². The molecule has 0 unspecified atom stereocenters. The van der Waals surface area contributed by atoms with Crippen LogP contribution < -0.4 is 9.47 Å². The largest absolute Gasteiger partial charge is 0.493 e. The molecule has 0 radical (unpaired) electrons. The number of aliphatic hydroxyl groups is 1. The Morgan fingerprint density at radius 3 is 2.60 bits per heavy atom. The first kappa shape index (κ1) is 11.9. The summed E-state index contributed by atoms with van der Waals surface area (Å²) < 4.78 is 10.7. The summed E-state index contributed by atoms with van der Waals surface area (Å²) in [5, 5.41) is 9.41. The number of ether oxygens (including phenoxy) is 2. The van der Waals surface area contributed by atoms with Gasteiger partial charge in [0.05, 0.1) is 19.8 Å². The molecule has 0 aliphatic carbocycles. The first-order valence-corrected chi connectivity index (χ1v) is 5.17. The minimum atomic E-state index is -0.487. The predicted octanol–water partition coefficient (Wildman–Crippen LogP) is 2.54. The highest BCUT2D eigenvalue weighted by molar-refractivity contribution is 5.43. The van der Waals surface area contributed by atoms with E-state index in [9.17, 15) is 5.11 Å². The Balaban J connectivity index is 2.88. The van der Waals surface area contributed by atoms with Gasteiger partial charge in [0.25, 0.3) is 0 Å². The molecule has 0 aliphatic rings. The van der Waals surface area contributed by atoms with E-state index in [1.165, 1.54) is 0 Å². The Morgan fingerprint density at radius 2 is 2.07 bits per heavy atom. The fraction of sp³-hybridized carbons (Fsp3) is 0.500. The normalized spacial score (nSPS) is 12.3. The van der Waals surface area contributed by atoms with Gasteiger partial charge in [0.15, 0.2) is 11.5 Å². The summed E-state index contributed by atoms with van der Waals surface area (Å²) in [6, 6.07) is 5.48. The van der Waals surface area contributed by atoms with Gasteiger partial charge >= 0.3 is 0 Å². The molecule has 15 heavy (non-hydrogen) atoms. The second kappa shape index (κ2) is 5.61. The minimum absolute atomic E-state index is 0.487. The molecule has 1 aromatic carbocycles. The smallest absolute Gasteiger partial charge is 0.161 e. The van der Waals surface area contributed by atoms with Crippen LogP contribution in [0.3, 0.4) is 0 Å². The van der Waals surface area contributed by atoms with Gasteiger partial charge in [-0.3, -0.25) is 0 Å². The van der Waals surface area contributed by atoms with Crippen molar-refractivity contribution in [2.75, 3.05) is 13.7 Å². The van der Waals surface area contributed by atoms with Gasteiger partial charge in [-0.2, -0.15) is 0 Å². The van der Waals surface area contributed by atoms with Crippen molar-refractivity contribution in [3.05, 3.63) is 23.8 Å². The first-order valence-electron chi connectivity index (χ1n) is 5.17. The molecule has 0 saturated heterocycles. The summed E-state index contributed by atoms with van der Waals surface area (Å²) in [6.07, 6.45) is 0.473. The van der Waals surface area contributed by atoms with E-state index in [4.69, 9.17) is 9.47 Å². The second-order valence-corrected chi connectivity index (χ2v) is 3.43. The quantitative estimate of drug-likeness (QED) is 0.811. The molecule has 84 valence electrons. The van der Waals surface area contributed by atoms with Crippen LogP contribution in [0.1, 0.15) is 31.9 Å². The van der Waals surface area contributed by atoms with Crippen molar-refractivity contribution in [1.29, 1.82) is 0 Å². The number of hydrogen-bond acceptors (Lipinski definition) is 3. The van der Waals surface area contributed by atoms with Crippen molar-refractivity contribution in [2.24, 2.45) is 0 Å². The van der Waals surface area contributed by atoms with Crippen LogP contribution in [0.25, 0.3) is 0 Å². The van der Waals surface area contributed by atoms with Gasteiger partial charge in [-0.15, -0.1) is 0 Å². The molecule has 1 aromatic rings. The maximum absolute atomic E-state index is 9.41. The zero-order valence-electron chi connectivity index (χ0n) is 9.49. The van der Waals surface area contributed by atoms with Crippen molar-refractivity contribution in [2.45, 2.75) is 26.4 Å². The molecule has 0 heterocycles. The first-order chi connectivity index (χ1) is 7.19. The summed E-state index contributed by atoms with van der Waals surface area (Å²) in [6.45, 7) is 4.45. The van der Waals surface area contributed by atoms with E-state index < -0.39 is 6.10 Å². The van der Waals surface area contributed by atoms with Gasteiger partial charge < -0.3 is 14.6 Å². The zero-order valence-corrected chi connectivity index (χ0v) is 9.49. The molecule has 3 heteroatoms. The van der Waals surface area contributed by atoms with Crippen LogP contribution in [-0.4, -0.2) is 18.8 Å². The van der Waals surface area contributed by atoms with Gasteiger partial charge in [0.2, 0.25) is 0 Å². The minimum Gasteiger partial charge on any atom is -0.493 e. The Labute approximate surface area is 90.6 Å². The fourth-order valence-corrected chi connectivity index (χ4v) is 1.28. The Hall–Kier alpha value is -1.22. The van der Waals surface area contributed by atoms with Crippen molar-refractivity contribution >= 4 is 0 Å². The molecule has 0 bridgehead atoms. The third-order valence-corrected chi connectivity index (χ3v) is 2.13. The summed E-state index contributed by atoms with van der Waals surface area (Å²) >= 11 is 0. The highest BCUT2D eigenvalue weighted by Crippen LogP contribution is 2.30. The average molecular weight is 210 g/mol. The average Bonchev–Trinajstić information content (AvgIpc) is 2.25. The number of hydrogen-bond donors (Lipinski definition) is 1. The molecule has 3 nitrogen and oxygen atoms in total. The van der Waals surface area contributed by atoms with Crippen LogP contribution in [0.2, 0.25) is 0 Å². The van der Waals surface area contributed by atoms with E-state index in [0.29, 0.717) is 12.4 Å². The van der Waals surface area contributed by atoms with E-state index in [1.54, 1.807) is 20.1 Å². The Kier molecular flexibility index (Phi) is 4.43. The van der Waals surface area contributed by atoms with Crippen molar-refractivity contribution in [3.8, 4) is 11.5 Å². The van der Waals surface area contributed by atoms with Gasteiger partial charge in [-0.25, -0.2) is 0 Å². The third-order valence-electron chi connectivity index (χ3n) is 2.13. The summed E-state index contributed by atoms with van der Waals surface area (Å²) in [7, 11) is 1.60. The topological polar surface area (TPSA) is 38.7 Å². The van der Waals surface area contributed by atoms with Gasteiger partial charge in [0, 0.05) is 0 Å². The molecule has 1 N–H and O–H groups in total. The molecule has 0 fully saturated rings. The standard InChI is InChI=1S/C12H18O3/c1-4-7-15-11-6-5-10(9(2)13)8-12(11)14-3/h5-6,8-9,13H,4,7H2,1-3H3/t9-/m0/s1. The molecule has 0 amide bonds. The Bertz CT molecular complexity index is 308. The molecular formula is C12H18O3. The summed E-state index contributed by atoms with van der Waals surface area (Å²) in [4.78, 5) is 0. The van der Waals surface area contributed by atoms with Crippen molar-refractivity contribution in [1.82, 2.24) is 0 Å². The van der Waals surface area contributed by atoms with Crippen LogP contribution in [0, 0.1) is 0 Å². The molecule has 1 atom stereocenters. The number of aliphatic hydroxyl groups excluding tert-OH is 1. The van der Waals surface area contributed by atoms with Crippen molar-refractivity contribution in [3.63, 3.8) is 0 Å². The maximum Gasteiger partial charge on any atom is 0.161 e. The van der Waals surface area contributed by atoms with E-state index in [2.05, 4.69) is 6.92 Å². The molecule has 0 aromatic heterocycles. The lowest BCUT2D eigenvalue weighted by molar-refractivity contribution is 0.198. The van der Waals surface area contributed by atoms with E-state index in [1.807, 2.05) is 12.1 Å². The molecule has 1 rings (SSSR count). The van der Waals surface area contributed by atoms with Crippen LogP contribution in [0.4, 0.5) is 0 Å². The lowest BCUT2D eigenvalue weighted by Gasteiger charge is -2.12. The van der Waals surface area contributed by atoms with Gasteiger partial charge in [0.1, 0.15) is 0 Å². The molecule has 0 saturated carbocycles. The van der Waals surface area contributed by atoms with E-state index in [-0.39, 0.29) is 0 Å². The molecule has 0 spiro atoms. The Morgan fingerprint density at radius 1 is 1.33 bits per heavy atom. The lowest BCUT2D eigenvalue weighted by Crippen LogP contribution is -1.99. The summed E-state index contributed by atoms with van der Waals surface area (Å²) in [5.41, 5.74) is 0.829. The third kappa shape index (κ3) is 3.13. The molecule has 0 aliphatic heterocycles. The maximum atomic E-state index is 9.41. The lowest BCUT2D eigenvalue weighted by atomic mass is 10.1. The second-order valence-electron chi connectivity index (χ2n) is 3.43. The van der Waals surface area contributed by atoms with Crippen LogP contribution in [0.5, 0.6) is 11.5 Å². The van der Waals surface area contributed by atoms with Crippen LogP contribution >= 0.6 is 0 Å². The van der Waals surface area contributed by atoms with Gasteiger partial charge in [-0.1, -0.05) is 13.0 Å². The highest BCUT2D eigenvalue weighted by Gasteiger charge is 2.08. The van der Waals surface area contributed by atoms with Crippen molar-refractivity contribution < 1.29 is 14.6 Å². The van der Waals surface area contributed by atoms with Crippen LogP contribution in [0.15, 0.2) is 18.2 Å². The molecular weight excluding hydrogens is 192 g/mol. The monoisotopic (exact) mass is 210 g/mol. The zero-order chi connectivity index (χ0) is 11.3. The SMILES string of the molecule is CCCOc1ccc([C@H](C)O)cc1OC.